The Morgan fingerprint density at radius 2 is 1.90 bits per heavy atom. The van der Waals surface area contributed by atoms with Crippen LogP contribution >= 0.6 is 27.5 Å². The zero-order valence-electron chi connectivity index (χ0n) is 18.7. The van der Waals surface area contributed by atoms with Gasteiger partial charge in [0.1, 0.15) is 22.7 Å². The lowest BCUT2D eigenvalue weighted by Gasteiger charge is -2.25. The Morgan fingerprint density at radius 3 is 2.45 bits per heavy atom. The van der Waals surface area contributed by atoms with E-state index in [0.29, 0.717) is 46.1 Å². The Bertz CT molecular complexity index is 881. The number of nitrogens with zero attached hydrogens (tertiary/aromatic N) is 3. The number of amides is 1. The molecule has 0 aliphatic carbocycles. The van der Waals surface area contributed by atoms with Gasteiger partial charge in [-0.2, -0.15) is 0 Å². The molecule has 2 aromatic rings. The lowest BCUT2D eigenvalue weighted by atomic mass is 10.2. The summed E-state index contributed by atoms with van der Waals surface area (Å²) in [6, 6.07) is -0.418. The first-order valence-electron chi connectivity index (χ1n) is 10.0. The first-order chi connectivity index (χ1) is 14.6. The van der Waals surface area contributed by atoms with E-state index >= 15 is 0 Å². The summed E-state index contributed by atoms with van der Waals surface area (Å²) in [4.78, 5) is 20.9. The van der Waals surface area contributed by atoms with Crippen molar-refractivity contribution in [1.82, 2.24) is 19.9 Å². The molecule has 0 bridgehead atoms. The smallest absolute Gasteiger partial charge is 0.408 e. The Labute approximate surface area is 195 Å². The van der Waals surface area contributed by atoms with E-state index < -0.39 is 24.0 Å². The van der Waals surface area contributed by atoms with Crippen molar-refractivity contribution in [3.8, 4) is 0 Å². The highest BCUT2D eigenvalue weighted by molar-refractivity contribution is 9.10. The lowest BCUT2D eigenvalue weighted by Crippen LogP contribution is -2.44. The van der Waals surface area contributed by atoms with Crippen molar-refractivity contribution in [3.63, 3.8) is 0 Å². The van der Waals surface area contributed by atoms with Crippen molar-refractivity contribution in [1.29, 1.82) is 0 Å². The average Bonchev–Trinajstić information content (AvgIpc) is 2.93. The van der Waals surface area contributed by atoms with Crippen LogP contribution in [-0.4, -0.2) is 59.2 Å². The van der Waals surface area contributed by atoms with Crippen molar-refractivity contribution in [2.75, 3.05) is 26.9 Å². The zero-order valence-corrected chi connectivity index (χ0v) is 21.0. The number of carbonyl (C=O) groups is 1. The van der Waals surface area contributed by atoms with Crippen molar-refractivity contribution >= 4 is 44.7 Å². The average molecular weight is 522 g/mol. The van der Waals surface area contributed by atoms with E-state index in [0.717, 1.165) is 0 Å². The number of halogens is 2. The summed E-state index contributed by atoms with van der Waals surface area (Å²) < 4.78 is 25.0. The second-order valence-electron chi connectivity index (χ2n) is 7.71. The number of nitrogens with one attached hydrogen (secondary N) is 1. The van der Waals surface area contributed by atoms with Crippen LogP contribution in [0.1, 0.15) is 46.6 Å². The maximum atomic E-state index is 12.4. The largest absolute Gasteiger partial charge is 0.444 e. The molecular weight excluding hydrogens is 492 g/mol. The summed E-state index contributed by atoms with van der Waals surface area (Å²) in [7, 11) is 1.57. The third-order valence-electron chi connectivity index (χ3n) is 4.12. The molecule has 0 aliphatic heterocycles. The molecule has 0 saturated carbocycles. The van der Waals surface area contributed by atoms with Gasteiger partial charge in [0.15, 0.2) is 6.29 Å². The predicted molar refractivity (Wildman–Crippen MR) is 121 cm³/mol. The van der Waals surface area contributed by atoms with Crippen LogP contribution in [0, 0.1) is 0 Å². The molecular formula is C20H30BrClN4O5. The fraction of sp³-hybridized carbons (Fsp3) is 0.650. The van der Waals surface area contributed by atoms with Gasteiger partial charge >= 0.3 is 6.09 Å². The van der Waals surface area contributed by atoms with Crippen LogP contribution in [0.15, 0.2) is 10.8 Å². The summed E-state index contributed by atoms with van der Waals surface area (Å²) >= 11 is 10.00. The minimum atomic E-state index is -0.667. The van der Waals surface area contributed by atoms with E-state index in [1.165, 1.54) is 6.33 Å². The van der Waals surface area contributed by atoms with Crippen molar-refractivity contribution in [2.45, 2.75) is 59.1 Å². The standard InChI is InChI=1S/C20H30BrClN4O5/c1-7-29-18(30-8-2)15-14(21)13-16(22)23-11-24-17(13)26(15)9-12(10-28-6)25-19(27)31-20(3,4)5/h11-12,18H,7-10H2,1-6H3,(H,25,27)/t12-/m0/s1. The number of rotatable bonds is 10. The summed E-state index contributed by atoms with van der Waals surface area (Å²) in [5.74, 6) is 0. The Balaban J connectivity index is 2.51. The second kappa shape index (κ2) is 11.4. The molecule has 9 nitrogen and oxygen atoms in total. The van der Waals surface area contributed by atoms with Crippen LogP contribution in [0.25, 0.3) is 11.0 Å². The van der Waals surface area contributed by atoms with Gasteiger partial charge in [-0.05, 0) is 50.5 Å². The van der Waals surface area contributed by atoms with Crippen molar-refractivity contribution < 1.29 is 23.7 Å². The molecule has 2 heterocycles. The highest BCUT2D eigenvalue weighted by atomic mass is 79.9. The highest BCUT2D eigenvalue weighted by Crippen LogP contribution is 2.38. The molecule has 11 heteroatoms. The molecule has 0 radical (unpaired) electrons. The van der Waals surface area contributed by atoms with Gasteiger partial charge in [0.25, 0.3) is 0 Å². The molecule has 0 unspecified atom stereocenters. The summed E-state index contributed by atoms with van der Waals surface area (Å²) in [5.41, 5.74) is 0.651. The zero-order chi connectivity index (χ0) is 23.2. The van der Waals surface area contributed by atoms with E-state index in [1.54, 1.807) is 27.9 Å². The van der Waals surface area contributed by atoms with E-state index in [1.807, 2.05) is 18.4 Å². The first kappa shape index (κ1) is 25.8. The van der Waals surface area contributed by atoms with Crippen LogP contribution in [0.3, 0.4) is 0 Å². The van der Waals surface area contributed by atoms with Crippen LogP contribution in [0.2, 0.25) is 5.15 Å². The molecule has 1 N–H and O–H groups in total. The van der Waals surface area contributed by atoms with Crippen LogP contribution in [0.4, 0.5) is 4.79 Å². The number of ether oxygens (including phenoxy) is 4. The van der Waals surface area contributed by atoms with Crippen LogP contribution in [-0.2, 0) is 25.5 Å². The predicted octanol–water partition coefficient (Wildman–Crippen LogP) is 4.46. The van der Waals surface area contributed by atoms with E-state index in [9.17, 15) is 4.79 Å². The number of methoxy groups -OCH3 is 1. The van der Waals surface area contributed by atoms with Gasteiger partial charge in [0, 0.05) is 26.9 Å². The maximum Gasteiger partial charge on any atom is 0.408 e. The highest BCUT2D eigenvalue weighted by Gasteiger charge is 2.29. The van der Waals surface area contributed by atoms with Crippen LogP contribution in [0.5, 0.6) is 0 Å². The van der Waals surface area contributed by atoms with Gasteiger partial charge in [0.2, 0.25) is 0 Å². The Morgan fingerprint density at radius 1 is 1.26 bits per heavy atom. The third kappa shape index (κ3) is 6.76. The van der Waals surface area contributed by atoms with Gasteiger partial charge in [-0.15, -0.1) is 0 Å². The van der Waals surface area contributed by atoms with Gasteiger partial charge in [0.05, 0.1) is 28.2 Å². The summed E-state index contributed by atoms with van der Waals surface area (Å²) in [6.07, 6.45) is 0.185. The Hall–Kier alpha value is -1.46. The molecule has 0 fully saturated rings. The summed E-state index contributed by atoms with van der Waals surface area (Å²) in [6.45, 7) is 10.6. The van der Waals surface area contributed by atoms with E-state index in [4.69, 9.17) is 30.5 Å². The minimum Gasteiger partial charge on any atom is -0.444 e. The minimum absolute atomic E-state index is 0.253. The van der Waals surface area contributed by atoms with Gasteiger partial charge in [-0.3, -0.25) is 0 Å². The molecule has 0 aromatic carbocycles. The number of fused-ring (bicyclic) bond motifs is 1. The second-order valence-corrected chi connectivity index (χ2v) is 8.87. The molecule has 0 saturated heterocycles. The fourth-order valence-electron chi connectivity index (χ4n) is 3.07. The fourth-order valence-corrected chi connectivity index (χ4v) is 4.17. The third-order valence-corrected chi connectivity index (χ3v) is 5.21. The topological polar surface area (TPSA) is 96.7 Å². The van der Waals surface area contributed by atoms with Crippen molar-refractivity contribution in [2.24, 2.45) is 0 Å². The molecule has 1 atom stereocenters. The SMILES string of the molecule is CCOC(OCC)c1c(Br)c2c(Cl)ncnc2n1C[C@@H](COC)NC(=O)OC(C)(C)C. The monoisotopic (exact) mass is 520 g/mol. The number of hydrogen-bond acceptors (Lipinski definition) is 7. The molecule has 2 aromatic heterocycles. The molecule has 174 valence electrons. The number of alkyl carbamates (subject to hydrolysis) is 1. The molecule has 0 spiro atoms. The first-order valence-corrected chi connectivity index (χ1v) is 11.2. The van der Waals surface area contributed by atoms with Gasteiger partial charge in [-0.25, -0.2) is 14.8 Å². The quantitative estimate of drug-likeness (QED) is 0.364. The summed E-state index contributed by atoms with van der Waals surface area (Å²) in [5, 5.41) is 3.80. The molecule has 31 heavy (non-hydrogen) atoms. The van der Waals surface area contributed by atoms with Gasteiger partial charge in [-0.1, -0.05) is 11.6 Å². The van der Waals surface area contributed by atoms with E-state index in [2.05, 4.69) is 31.2 Å². The molecule has 2 rings (SSSR count). The van der Waals surface area contributed by atoms with Crippen LogP contribution < -0.4 is 5.32 Å². The number of carbonyl (C=O) groups excluding carboxylic acids is 1. The molecule has 0 aliphatic rings. The van der Waals surface area contributed by atoms with Gasteiger partial charge < -0.3 is 28.8 Å². The number of aromatic nitrogens is 3. The number of hydrogen-bond donors (Lipinski definition) is 1. The maximum absolute atomic E-state index is 12.4. The normalized spacial score (nSPS) is 13.1. The molecule has 1 amide bonds. The van der Waals surface area contributed by atoms with Crippen molar-refractivity contribution in [3.05, 3.63) is 21.6 Å². The Kier molecular flexibility index (Phi) is 9.50. The lowest BCUT2D eigenvalue weighted by molar-refractivity contribution is -0.144. The van der Waals surface area contributed by atoms with E-state index in [-0.39, 0.29) is 6.61 Å².